The molecule has 0 amide bonds. The molecule has 0 aliphatic carbocycles. The monoisotopic (exact) mass is 242 g/mol. The molecular formula is C13H26N2S. The van der Waals surface area contributed by atoms with Crippen LogP contribution in [0.15, 0.2) is 4.99 Å². The molecule has 2 nitrogen and oxygen atoms in total. The lowest BCUT2D eigenvalue weighted by Crippen LogP contribution is -2.35. The Balaban J connectivity index is 2.34. The van der Waals surface area contributed by atoms with Crippen molar-refractivity contribution in [1.29, 1.82) is 0 Å². The smallest absolute Gasteiger partial charge is 0.157 e. The Hall–Kier alpha value is -0.180. The van der Waals surface area contributed by atoms with Gasteiger partial charge in [0.25, 0.3) is 0 Å². The molecule has 0 saturated carbocycles. The van der Waals surface area contributed by atoms with Crippen LogP contribution in [0, 0.1) is 11.8 Å². The maximum absolute atomic E-state index is 4.70. The number of thioether (sulfide) groups is 1. The van der Waals surface area contributed by atoms with Gasteiger partial charge < -0.3 is 5.32 Å². The topological polar surface area (TPSA) is 24.4 Å². The van der Waals surface area contributed by atoms with Crippen LogP contribution in [0.25, 0.3) is 0 Å². The van der Waals surface area contributed by atoms with Gasteiger partial charge in [0.2, 0.25) is 0 Å². The van der Waals surface area contributed by atoms with Crippen LogP contribution in [0.4, 0.5) is 0 Å². The second kappa shape index (κ2) is 6.53. The molecule has 1 rings (SSSR count). The lowest BCUT2D eigenvalue weighted by Gasteiger charge is -2.26. The van der Waals surface area contributed by atoms with Crippen LogP contribution in [-0.2, 0) is 0 Å². The molecule has 1 aliphatic rings. The molecule has 1 aliphatic heterocycles. The van der Waals surface area contributed by atoms with Crippen molar-refractivity contribution in [2.75, 3.05) is 5.75 Å². The number of rotatable bonds is 4. The van der Waals surface area contributed by atoms with Crippen molar-refractivity contribution in [3.8, 4) is 0 Å². The maximum Gasteiger partial charge on any atom is 0.157 e. The van der Waals surface area contributed by atoms with Crippen LogP contribution < -0.4 is 5.32 Å². The van der Waals surface area contributed by atoms with Gasteiger partial charge in [0.15, 0.2) is 5.17 Å². The number of amidine groups is 1. The normalized spacial score (nSPS) is 27.8. The third-order valence-electron chi connectivity index (χ3n) is 3.17. The predicted octanol–water partition coefficient (Wildman–Crippen LogP) is 3.53. The molecule has 16 heavy (non-hydrogen) atoms. The van der Waals surface area contributed by atoms with Crippen molar-refractivity contribution in [2.45, 2.75) is 59.5 Å². The molecule has 1 N–H and O–H groups in total. The van der Waals surface area contributed by atoms with Crippen LogP contribution in [0.1, 0.15) is 47.5 Å². The Bertz CT molecular complexity index is 238. The summed E-state index contributed by atoms with van der Waals surface area (Å²) < 4.78 is 0. The minimum atomic E-state index is 0.473. The summed E-state index contributed by atoms with van der Waals surface area (Å²) in [5.74, 6) is 2.70. The highest BCUT2D eigenvalue weighted by Crippen LogP contribution is 2.22. The van der Waals surface area contributed by atoms with Crippen molar-refractivity contribution < 1.29 is 0 Å². The zero-order chi connectivity index (χ0) is 12.1. The van der Waals surface area contributed by atoms with E-state index in [1.54, 1.807) is 0 Å². The van der Waals surface area contributed by atoms with E-state index in [2.05, 4.69) is 39.9 Å². The molecule has 3 heteroatoms. The summed E-state index contributed by atoms with van der Waals surface area (Å²) >= 11 is 1.88. The first-order valence-corrected chi connectivity index (χ1v) is 7.44. The van der Waals surface area contributed by atoms with Crippen molar-refractivity contribution in [3.63, 3.8) is 0 Å². The van der Waals surface area contributed by atoms with E-state index >= 15 is 0 Å². The molecule has 0 radical (unpaired) electrons. The summed E-state index contributed by atoms with van der Waals surface area (Å²) in [6.07, 6.45) is 2.53. The second-order valence-corrected chi connectivity index (χ2v) is 6.49. The van der Waals surface area contributed by atoms with E-state index in [-0.39, 0.29) is 0 Å². The number of hydrogen-bond acceptors (Lipinski definition) is 3. The summed E-state index contributed by atoms with van der Waals surface area (Å²) in [6, 6.07) is 1.02. The Labute approximate surface area is 105 Å². The molecule has 0 aromatic carbocycles. The molecule has 0 spiro atoms. The Morgan fingerprint density at radius 2 is 2.00 bits per heavy atom. The van der Waals surface area contributed by atoms with Crippen LogP contribution in [0.2, 0.25) is 0 Å². The summed E-state index contributed by atoms with van der Waals surface area (Å²) in [5, 5.41) is 4.69. The average molecular weight is 242 g/mol. The van der Waals surface area contributed by atoms with Crippen molar-refractivity contribution in [1.82, 2.24) is 5.32 Å². The van der Waals surface area contributed by atoms with Gasteiger partial charge in [-0.2, -0.15) is 0 Å². The Morgan fingerprint density at radius 1 is 1.31 bits per heavy atom. The minimum absolute atomic E-state index is 0.473. The predicted molar refractivity (Wildman–Crippen MR) is 75.2 cm³/mol. The molecule has 0 aromatic rings. The van der Waals surface area contributed by atoms with Gasteiger partial charge in [0.1, 0.15) is 0 Å². The van der Waals surface area contributed by atoms with E-state index in [4.69, 9.17) is 4.99 Å². The molecule has 3 atom stereocenters. The SMILES string of the molecule is CC(C)CCC(C)NC1=NC(C)C(C)CS1. The minimum Gasteiger partial charge on any atom is -0.362 e. The van der Waals surface area contributed by atoms with Crippen LogP contribution in [0.5, 0.6) is 0 Å². The average Bonchev–Trinajstić information content (AvgIpc) is 2.21. The number of aliphatic imine (C=N–C) groups is 1. The van der Waals surface area contributed by atoms with E-state index in [0.717, 1.165) is 11.1 Å². The molecule has 0 saturated heterocycles. The van der Waals surface area contributed by atoms with Crippen molar-refractivity contribution in [3.05, 3.63) is 0 Å². The van der Waals surface area contributed by atoms with Crippen molar-refractivity contribution >= 4 is 16.9 Å². The molecule has 1 heterocycles. The maximum atomic E-state index is 4.70. The van der Waals surface area contributed by atoms with Crippen LogP contribution >= 0.6 is 11.8 Å². The fourth-order valence-corrected chi connectivity index (χ4v) is 2.87. The van der Waals surface area contributed by atoms with Gasteiger partial charge >= 0.3 is 0 Å². The highest BCUT2D eigenvalue weighted by Gasteiger charge is 2.19. The van der Waals surface area contributed by atoms with Gasteiger partial charge in [-0.15, -0.1) is 0 Å². The molecule has 0 aromatic heterocycles. The standard InChI is InChI=1S/C13H26N2S/c1-9(2)6-7-11(4)14-13-15-12(5)10(3)8-16-13/h9-12H,6-8H2,1-5H3,(H,14,15). The molecule has 0 fully saturated rings. The summed E-state index contributed by atoms with van der Waals surface area (Å²) in [6.45, 7) is 11.3. The van der Waals surface area contributed by atoms with Gasteiger partial charge in [-0.1, -0.05) is 32.5 Å². The molecule has 3 unspecified atom stereocenters. The number of hydrogen-bond donors (Lipinski definition) is 1. The first-order chi connectivity index (χ1) is 7.49. The lowest BCUT2D eigenvalue weighted by molar-refractivity contribution is 0.489. The largest absolute Gasteiger partial charge is 0.362 e. The van der Waals surface area contributed by atoms with Gasteiger partial charge in [-0.25, -0.2) is 0 Å². The zero-order valence-corrected chi connectivity index (χ0v) is 12.1. The highest BCUT2D eigenvalue weighted by molar-refractivity contribution is 8.13. The van der Waals surface area contributed by atoms with Gasteiger partial charge in [-0.05, 0) is 38.5 Å². The molecule has 0 bridgehead atoms. The quantitative estimate of drug-likeness (QED) is 0.815. The Kier molecular flexibility index (Phi) is 5.67. The van der Waals surface area contributed by atoms with E-state index in [1.807, 2.05) is 11.8 Å². The first-order valence-electron chi connectivity index (χ1n) is 6.46. The van der Waals surface area contributed by atoms with Crippen LogP contribution in [0.3, 0.4) is 0 Å². The van der Waals surface area contributed by atoms with Gasteiger partial charge in [0.05, 0.1) is 6.04 Å². The summed E-state index contributed by atoms with van der Waals surface area (Å²) in [4.78, 5) is 4.70. The Morgan fingerprint density at radius 3 is 2.56 bits per heavy atom. The fraction of sp³-hybridized carbons (Fsp3) is 0.923. The third-order valence-corrected chi connectivity index (χ3v) is 4.36. The van der Waals surface area contributed by atoms with E-state index < -0.39 is 0 Å². The second-order valence-electron chi connectivity index (χ2n) is 5.48. The number of nitrogens with one attached hydrogen (secondary N) is 1. The van der Waals surface area contributed by atoms with Gasteiger partial charge in [0, 0.05) is 11.8 Å². The van der Waals surface area contributed by atoms with Gasteiger partial charge in [-0.3, -0.25) is 4.99 Å². The lowest BCUT2D eigenvalue weighted by atomic mass is 10.0. The van der Waals surface area contributed by atoms with E-state index in [1.165, 1.54) is 18.6 Å². The molecule has 94 valence electrons. The summed E-state index contributed by atoms with van der Waals surface area (Å²) in [7, 11) is 0. The third kappa shape index (κ3) is 4.77. The first kappa shape index (κ1) is 13.9. The van der Waals surface area contributed by atoms with Crippen molar-refractivity contribution in [2.24, 2.45) is 16.8 Å². The zero-order valence-electron chi connectivity index (χ0n) is 11.3. The fourth-order valence-electron chi connectivity index (χ4n) is 1.64. The van der Waals surface area contributed by atoms with E-state index in [0.29, 0.717) is 18.0 Å². The molecular weight excluding hydrogens is 216 g/mol. The summed E-state index contributed by atoms with van der Waals surface area (Å²) in [5.41, 5.74) is 0. The van der Waals surface area contributed by atoms with E-state index in [9.17, 15) is 0 Å². The number of nitrogens with zero attached hydrogens (tertiary/aromatic N) is 1. The highest BCUT2D eigenvalue weighted by atomic mass is 32.2. The van der Waals surface area contributed by atoms with Crippen LogP contribution in [-0.4, -0.2) is 23.0 Å².